The quantitative estimate of drug-likeness (QED) is 0.222. The van der Waals surface area contributed by atoms with Crippen LogP contribution in [-0.4, -0.2) is 18.9 Å². The van der Waals surface area contributed by atoms with Gasteiger partial charge in [-0.25, -0.2) is 0 Å². The van der Waals surface area contributed by atoms with Crippen molar-refractivity contribution in [3.8, 4) is 5.75 Å². The van der Waals surface area contributed by atoms with E-state index in [1.54, 1.807) is 24.3 Å². The Balaban J connectivity index is 1.48. The molecule has 7 rings (SSSR count). The van der Waals surface area contributed by atoms with Crippen molar-refractivity contribution in [2.24, 2.45) is 11.3 Å². The van der Waals surface area contributed by atoms with Crippen LogP contribution in [0.5, 0.6) is 5.75 Å². The highest BCUT2D eigenvalue weighted by atomic mass is 32.2. The summed E-state index contributed by atoms with van der Waals surface area (Å²) < 4.78 is 39.5. The Labute approximate surface area is 204 Å². The SMILES string of the molecule is CC1(C)C2c3ccccc3C(c3ccccc32)C1C(=O)Oc1ccc(S(=O)(=O)O)c2ccccc12. The Morgan fingerprint density at radius 3 is 1.86 bits per heavy atom. The standard InChI is InChI=1S/C29H24O5S/c1-29(2)26-21-13-7-5-11-19(21)25(20-12-6-8-14-22(20)26)27(29)28(30)34-23-15-16-24(35(31,32)33)18-10-4-3-9-17(18)23/h3-16,25-27H,1-2H3,(H,31,32,33). The van der Waals surface area contributed by atoms with E-state index in [9.17, 15) is 17.8 Å². The van der Waals surface area contributed by atoms with Gasteiger partial charge in [-0.15, -0.1) is 0 Å². The van der Waals surface area contributed by atoms with E-state index in [2.05, 4.69) is 50.2 Å². The number of carbonyl (C=O) groups is 1. The molecule has 0 amide bonds. The van der Waals surface area contributed by atoms with Crippen molar-refractivity contribution in [1.29, 1.82) is 0 Å². The summed E-state index contributed by atoms with van der Waals surface area (Å²) in [4.78, 5) is 13.7. The van der Waals surface area contributed by atoms with Crippen LogP contribution in [0.25, 0.3) is 10.8 Å². The lowest BCUT2D eigenvalue weighted by Gasteiger charge is -2.54. The first kappa shape index (κ1) is 22.0. The highest BCUT2D eigenvalue weighted by Crippen LogP contribution is 2.63. The second kappa shape index (κ2) is 7.51. The topological polar surface area (TPSA) is 80.7 Å². The number of ether oxygens (including phenoxy) is 1. The molecule has 0 aromatic heterocycles. The Morgan fingerprint density at radius 2 is 1.29 bits per heavy atom. The fourth-order valence-electron chi connectivity index (χ4n) is 6.39. The van der Waals surface area contributed by atoms with E-state index < -0.39 is 21.5 Å². The van der Waals surface area contributed by atoms with Crippen LogP contribution in [0.4, 0.5) is 0 Å². The van der Waals surface area contributed by atoms with Crippen LogP contribution in [-0.2, 0) is 14.9 Å². The average Bonchev–Trinajstić information content (AvgIpc) is 2.83. The summed E-state index contributed by atoms with van der Waals surface area (Å²) in [7, 11) is -4.43. The van der Waals surface area contributed by atoms with E-state index in [1.165, 1.54) is 23.3 Å². The molecule has 0 saturated carbocycles. The molecule has 0 heterocycles. The minimum atomic E-state index is -4.43. The van der Waals surface area contributed by atoms with Gasteiger partial charge in [0.1, 0.15) is 10.6 Å². The molecule has 4 aromatic carbocycles. The van der Waals surface area contributed by atoms with Crippen molar-refractivity contribution in [3.05, 3.63) is 107 Å². The number of fused-ring (bicyclic) bond motifs is 2. The van der Waals surface area contributed by atoms with E-state index in [-0.39, 0.29) is 28.5 Å². The lowest BCUT2D eigenvalue weighted by molar-refractivity contribution is -0.145. The number of hydrogen-bond acceptors (Lipinski definition) is 4. The van der Waals surface area contributed by atoms with Crippen molar-refractivity contribution in [2.75, 3.05) is 0 Å². The summed E-state index contributed by atoms with van der Waals surface area (Å²) in [5, 5.41) is 0.760. The fraction of sp³-hybridized carbons (Fsp3) is 0.207. The second-order valence-corrected chi connectivity index (χ2v) is 11.4. The Bertz CT molecular complexity index is 1570. The largest absolute Gasteiger partial charge is 0.426 e. The lowest BCUT2D eigenvalue weighted by Crippen LogP contribution is -2.50. The first-order valence-electron chi connectivity index (χ1n) is 11.6. The molecule has 6 heteroatoms. The lowest BCUT2D eigenvalue weighted by atomic mass is 9.48. The molecular formula is C29H24O5S. The minimum Gasteiger partial charge on any atom is -0.426 e. The third-order valence-electron chi connectivity index (χ3n) is 7.75. The molecule has 0 spiro atoms. The first-order valence-corrected chi connectivity index (χ1v) is 13.0. The number of hydrogen-bond donors (Lipinski definition) is 1. The Hall–Kier alpha value is -3.48. The number of esters is 1. The molecule has 0 aliphatic heterocycles. The minimum absolute atomic E-state index is 0.0519. The molecule has 1 atom stereocenters. The van der Waals surface area contributed by atoms with E-state index in [0.717, 1.165) is 11.1 Å². The van der Waals surface area contributed by atoms with Crippen LogP contribution in [0, 0.1) is 11.3 Å². The van der Waals surface area contributed by atoms with Crippen molar-refractivity contribution in [2.45, 2.75) is 30.6 Å². The molecule has 3 aliphatic rings. The summed E-state index contributed by atoms with van der Waals surface area (Å²) in [6.07, 6.45) is 0. The fourth-order valence-corrected chi connectivity index (χ4v) is 7.08. The molecule has 0 radical (unpaired) electrons. The predicted octanol–water partition coefficient (Wildman–Crippen LogP) is 5.93. The molecule has 35 heavy (non-hydrogen) atoms. The third-order valence-corrected chi connectivity index (χ3v) is 8.66. The zero-order chi connectivity index (χ0) is 24.5. The van der Waals surface area contributed by atoms with Gasteiger partial charge in [-0.05, 0) is 39.8 Å². The van der Waals surface area contributed by atoms with Gasteiger partial charge in [-0.3, -0.25) is 9.35 Å². The maximum absolute atomic E-state index is 13.9. The summed E-state index contributed by atoms with van der Waals surface area (Å²) in [6.45, 7) is 4.25. The van der Waals surface area contributed by atoms with Crippen molar-refractivity contribution in [1.82, 2.24) is 0 Å². The number of carbonyl (C=O) groups excluding carboxylic acids is 1. The first-order chi connectivity index (χ1) is 16.7. The van der Waals surface area contributed by atoms with Gasteiger partial charge < -0.3 is 4.74 Å². The average molecular weight is 485 g/mol. The predicted molar refractivity (Wildman–Crippen MR) is 133 cm³/mol. The molecular weight excluding hydrogens is 460 g/mol. The molecule has 176 valence electrons. The molecule has 0 saturated heterocycles. The second-order valence-electron chi connectivity index (χ2n) is 9.97. The van der Waals surface area contributed by atoms with Gasteiger partial charge in [0.15, 0.2) is 0 Å². The van der Waals surface area contributed by atoms with Gasteiger partial charge in [0.2, 0.25) is 0 Å². The van der Waals surface area contributed by atoms with Gasteiger partial charge in [0.05, 0.1) is 5.92 Å². The van der Waals surface area contributed by atoms with Crippen LogP contribution in [0.3, 0.4) is 0 Å². The van der Waals surface area contributed by atoms with Crippen molar-refractivity contribution < 1.29 is 22.5 Å². The summed E-state index contributed by atoms with van der Waals surface area (Å²) in [5.74, 6) is -0.595. The highest BCUT2D eigenvalue weighted by molar-refractivity contribution is 7.86. The summed E-state index contributed by atoms with van der Waals surface area (Å²) in [6, 6.07) is 26.1. The van der Waals surface area contributed by atoms with Crippen LogP contribution >= 0.6 is 0 Å². The van der Waals surface area contributed by atoms with E-state index in [0.29, 0.717) is 10.8 Å². The van der Waals surface area contributed by atoms with Crippen LogP contribution in [0.1, 0.15) is 47.9 Å². The smallest absolute Gasteiger partial charge is 0.315 e. The van der Waals surface area contributed by atoms with Crippen LogP contribution in [0.2, 0.25) is 0 Å². The van der Waals surface area contributed by atoms with Crippen LogP contribution in [0.15, 0.2) is 89.8 Å². The normalized spacial score (nSPS) is 21.9. The molecule has 5 nitrogen and oxygen atoms in total. The summed E-state index contributed by atoms with van der Waals surface area (Å²) >= 11 is 0. The molecule has 1 unspecified atom stereocenters. The molecule has 2 bridgehead atoms. The molecule has 3 aliphatic carbocycles. The van der Waals surface area contributed by atoms with Gasteiger partial charge in [0, 0.05) is 22.6 Å². The molecule has 1 N–H and O–H groups in total. The van der Waals surface area contributed by atoms with Gasteiger partial charge >= 0.3 is 5.97 Å². The highest BCUT2D eigenvalue weighted by Gasteiger charge is 2.57. The Kier molecular flexibility index (Phi) is 4.72. The number of rotatable bonds is 3. The van der Waals surface area contributed by atoms with Crippen molar-refractivity contribution in [3.63, 3.8) is 0 Å². The zero-order valence-corrected chi connectivity index (χ0v) is 20.1. The van der Waals surface area contributed by atoms with E-state index in [1.807, 2.05) is 12.1 Å². The maximum atomic E-state index is 13.9. The van der Waals surface area contributed by atoms with Gasteiger partial charge in [0.25, 0.3) is 10.1 Å². The Morgan fingerprint density at radius 1 is 0.771 bits per heavy atom. The van der Waals surface area contributed by atoms with Crippen LogP contribution < -0.4 is 4.74 Å². The third kappa shape index (κ3) is 3.17. The van der Waals surface area contributed by atoms with E-state index >= 15 is 0 Å². The van der Waals surface area contributed by atoms with Gasteiger partial charge in [-0.1, -0.05) is 86.6 Å². The number of benzene rings is 4. The summed E-state index contributed by atoms with van der Waals surface area (Å²) in [5.41, 5.74) is 4.42. The van der Waals surface area contributed by atoms with Crippen molar-refractivity contribution >= 4 is 26.9 Å². The monoisotopic (exact) mass is 484 g/mol. The zero-order valence-electron chi connectivity index (χ0n) is 19.3. The molecule has 0 fully saturated rings. The maximum Gasteiger partial charge on any atom is 0.315 e. The molecule has 4 aromatic rings. The van der Waals surface area contributed by atoms with Gasteiger partial charge in [-0.2, -0.15) is 8.42 Å². The van der Waals surface area contributed by atoms with E-state index in [4.69, 9.17) is 4.74 Å².